The Morgan fingerprint density at radius 2 is 1.73 bits per heavy atom. The summed E-state index contributed by atoms with van der Waals surface area (Å²) < 4.78 is 0. The minimum absolute atomic E-state index is 0.344. The number of carbonyl (C=O) groups excluding carboxylic acids is 1. The molecule has 2 fully saturated rings. The Hall–Kier alpha value is -1.35. The van der Waals surface area contributed by atoms with Gasteiger partial charge in [0.25, 0.3) is 0 Å². The Bertz CT molecular complexity index is 515. The lowest BCUT2D eigenvalue weighted by Crippen LogP contribution is -2.40. The number of likely N-dealkylation sites (tertiary alicyclic amines) is 2. The van der Waals surface area contributed by atoms with E-state index in [0.717, 1.165) is 19.5 Å². The van der Waals surface area contributed by atoms with Crippen molar-refractivity contribution in [1.29, 1.82) is 0 Å². The first-order chi connectivity index (χ1) is 10.6. The first kappa shape index (κ1) is 15.5. The molecule has 0 saturated carbocycles. The third-order valence-electron chi connectivity index (χ3n) is 5.59. The number of hydrogen-bond acceptors (Lipinski definition) is 2. The summed E-state index contributed by atoms with van der Waals surface area (Å²) in [6.07, 6.45) is 5.23. The monoisotopic (exact) mass is 300 g/mol. The molecule has 0 unspecified atom stereocenters. The number of carbonyl (C=O) groups is 1. The normalized spacial score (nSPS) is 21.5. The molecule has 2 aliphatic rings. The quantitative estimate of drug-likeness (QED) is 0.857. The van der Waals surface area contributed by atoms with Gasteiger partial charge >= 0.3 is 0 Å². The van der Waals surface area contributed by atoms with Crippen molar-refractivity contribution in [3.63, 3.8) is 0 Å². The maximum atomic E-state index is 12.5. The van der Waals surface area contributed by atoms with E-state index in [1.807, 2.05) is 0 Å². The van der Waals surface area contributed by atoms with E-state index >= 15 is 0 Å². The van der Waals surface area contributed by atoms with Crippen molar-refractivity contribution in [3.05, 3.63) is 35.4 Å². The third kappa shape index (κ3) is 3.52. The van der Waals surface area contributed by atoms with Gasteiger partial charge in [0.2, 0.25) is 5.91 Å². The first-order valence-corrected chi connectivity index (χ1v) is 8.58. The highest BCUT2D eigenvalue weighted by Crippen LogP contribution is 2.40. The number of benzene rings is 1. The fourth-order valence-electron chi connectivity index (χ4n) is 3.81. The van der Waals surface area contributed by atoms with Gasteiger partial charge in [-0.1, -0.05) is 29.8 Å². The Morgan fingerprint density at radius 1 is 1.09 bits per heavy atom. The van der Waals surface area contributed by atoms with Crippen LogP contribution in [0.4, 0.5) is 0 Å². The second-order valence-electron chi connectivity index (χ2n) is 7.35. The molecule has 0 bridgehead atoms. The molecule has 0 aliphatic carbocycles. The summed E-state index contributed by atoms with van der Waals surface area (Å²) in [6.45, 7) is 6.43. The van der Waals surface area contributed by atoms with E-state index in [-0.39, 0.29) is 0 Å². The topological polar surface area (TPSA) is 23.6 Å². The molecular weight excluding hydrogens is 272 g/mol. The Labute approximate surface area is 134 Å². The predicted molar refractivity (Wildman–Crippen MR) is 89.9 cm³/mol. The maximum absolute atomic E-state index is 12.5. The van der Waals surface area contributed by atoms with Crippen molar-refractivity contribution >= 4 is 5.91 Å². The number of hydrogen-bond donors (Lipinski definition) is 0. The van der Waals surface area contributed by atoms with Gasteiger partial charge in [-0.15, -0.1) is 0 Å². The molecule has 1 spiro atoms. The van der Waals surface area contributed by atoms with Gasteiger partial charge in [0, 0.05) is 19.5 Å². The van der Waals surface area contributed by atoms with E-state index in [2.05, 4.69) is 48.0 Å². The van der Waals surface area contributed by atoms with Gasteiger partial charge in [0.15, 0.2) is 0 Å². The number of nitrogens with zero attached hydrogens (tertiary/aromatic N) is 2. The summed E-state index contributed by atoms with van der Waals surface area (Å²) in [7, 11) is 2.20. The number of aryl methyl sites for hydroxylation is 2. The van der Waals surface area contributed by atoms with Crippen LogP contribution in [0.2, 0.25) is 0 Å². The van der Waals surface area contributed by atoms with Crippen LogP contribution in [-0.4, -0.2) is 48.9 Å². The molecule has 1 amide bonds. The largest absolute Gasteiger partial charge is 0.342 e. The fourth-order valence-corrected chi connectivity index (χ4v) is 3.81. The molecule has 2 aliphatic heterocycles. The molecule has 0 aromatic heterocycles. The van der Waals surface area contributed by atoms with E-state index in [1.165, 1.54) is 43.5 Å². The Morgan fingerprint density at radius 3 is 2.41 bits per heavy atom. The van der Waals surface area contributed by atoms with Gasteiger partial charge in [0.1, 0.15) is 0 Å². The highest BCUT2D eigenvalue weighted by molar-refractivity contribution is 5.76. The zero-order valence-electron chi connectivity index (χ0n) is 14.0. The maximum Gasteiger partial charge on any atom is 0.222 e. The molecule has 0 radical (unpaired) electrons. The molecule has 3 heteroatoms. The van der Waals surface area contributed by atoms with Crippen LogP contribution >= 0.6 is 0 Å². The van der Waals surface area contributed by atoms with Crippen LogP contribution < -0.4 is 0 Å². The highest BCUT2D eigenvalue weighted by atomic mass is 16.2. The minimum Gasteiger partial charge on any atom is -0.342 e. The van der Waals surface area contributed by atoms with Gasteiger partial charge in [-0.2, -0.15) is 0 Å². The molecule has 0 N–H and O–H groups in total. The van der Waals surface area contributed by atoms with E-state index in [9.17, 15) is 4.79 Å². The minimum atomic E-state index is 0.344. The van der Waals surface area contributed by atoms with E-state index in [1.54, 1.807) is 0 Å². The second kappa shape index (κ2) is 6.41. The third-order valence-corrected chi connectivity index (χ3v) is 5.59. The van der Waals surface area contributed by atoms with E-state index < -0.39 is 0 Å². The molecule has 3 nitrogen and oxygen atoms in total. The standard InChI is InChI=1S/C19H28N2O/c1-16-3-5-17(6-4-16)7-8-18(22)21-14-11-19(15-21)9-12-20(2)13-10-19/h3-6H,7-15H2,1-2H3. The Kier molecular flexibility index (Phi) is 4.53. The molecule has 1 aromatic carbocycles. The predicted octanol–water partition coefficient (Wildman–Crippen LogP) is 2.87. The summed E-state index contributed by atoms with van der Waals surface area (Å²) in [5, 5.41) is 0. The average Bonchev–Trinajstić information content (AvgIpc) is 2.94. The molecule has 1 aromatic rings. The summed E-state index contributed by atoms with van der Waals surface area (Å²) in [6, 6.07) is 8.54. The lowest BCUT2D eigenvalue weighted by atomic mass is 9.78. The first-order valence-electron chi connectivity index (χ1n) is 8.58. The van der Waals surface area contributed by atoms with Gasteiger partial charge in [-0.05, 0) is 63.7 Å². The van der Waals surface area contributed by atoms with Crippen LogP contribution in [0.1, 0.15) is 36.8 Å². The Balaban J connectivity index is 1.50. The number of piperidine rings is 1. The fraction of sp³-hybridized carbons (Fsp3) is 0.632. The number of rotatable bonds is 3. The molecule has 2 saturated heterocycles. The second-order valence-corrected chi connectivity index (χ2v) is 7.35. The molecule has 2 heterocycles. The van der Waals surface area contributed by atoms with E-state index in [0.29, 0.717) is 17.7 Å². The summed E-state index contributed by atoms with van der Waals surface area (Å²) >= 11 is 0. The van der Waals surface area contributed by atoms with Crippen LogP contribution in [0.15, 0.2) is 24.3 Å². The van der Waals surface area contributed by atoms with Gasteiger partial charge in [-0.25, -0.2) is 0 Å². The number of amides is 1. The van der Waals surface area contributed by atoms with Crippen molar-refractivity contribution in [3.8, 4) is 0 Å². The molecule has 22 heavy (non-hydrogen) atoms. The SMILES string of the molecule is Cc1ccc(CCC(=O)N2CCC3(CCN(C)CC3)C2)cc1. The van der Waals surface area contributed by atoms with Gasteiger partial charge in [-0.3, -0.25) is 4.79 Å². The average molecular weight is 300 g/mol. The smallest absolute Gasteiger partial charge is 0.222 e. The molecule has 0 atom stereocenters. The summed E-state index contributed by atoms with van der Waals surface area (Å²) in [5.74, 6) is 0.344. The van der Waals surface area contributed by atoms with Gasteiger partial charge in [0.05, 0.1) is 0 Å². The zero-order valence-corrected chi connectivity index (χ0v) is 14.0. The van der Waals surface area contributed by atoms with Crippen LogP contribution in [0.5, 0.6) is 0 Å². The highest BCUT2D eigenvalue weighted by Gasteiger charge is 2.41. The van der Waals surface area contributed by atoms with Crippen LogP contribution in [-0.2, 0) is 11.2 Å². The van der Waals surface area contributed by atoms with E-state index in [4.69, 9.17) is 0 Å². The van der Waals surface area contributed by atoms with Crippen LogP contribution in [0.3, 0.4) is 0 Å². The van der Waals surface area contributed by atoms with Crippen molar-refractivity contribution in [2.75, 3.05) is 33.2 Å². The molecule has 120 valence electrons. The zero-order chi connectivity index (χ0) is 15.6. The van der Waals surface area contributed by atoms with Crippen LogP contribution in [0, 0.1) is 12.3 Å². The van der Waals surface area contributed by atoms with Crippen molar-refractivity contribution < 1.29 is 4.79 Å². The molecular formula is C19H28N2O. The summed E-state index contributed by atoms with van der Waals surface area (Å²) in [4.78, 5) is 17.0. The van der Waals surface area contributed by atoms with Crippen LogP contribution in [0.25, 0.3) is 0 Å². The van der Waals surface area contributed by atoms with Crippen molar-refractivity contribution in [1.82, 2.24) is 9.80 Å². The van der Waals surface area contributed by atoms with Gasteiger partial charge < -0.3 is 9.80 Å². The lowest BCUT2D eigenvalue weighted by Gasteiger charge is -2.37. The lowest BCUT2D eigenvalue weighted by molar-refractivity contribution is -0.130. The summed E-state index contributed by atoms with van der Waals surface area (Å²) in [5.41, 5.74) is 2.97. The molecule has 3 rings (SSSR count). The van der Waals surface area contributed by atoms with Crippen molar-refractivity contribution in [2.45, 2.75) is 39.0 Å². The van der Waals surface area contributed by atoms with Crippen molar-refractivity contribution in [2.24, 2.45) is 5.41 Å².